The molecule has 0 spiro atoms. The zero-order chi connectivity index (χ0) is 47.5. The third-order valence-corrected chi connectivity index (χ3v) is 15.7. The van der Waals surface area contributed by atoms with Crippen LogP contribution in [0.15, 0.2) is 249 Å². The molecule has 1 heteroatoms. The molecular formula is C69H57N. The molecule has 0 saturated heterocycles. The van der Waals surface area contributed by atoms with Crippen LogP contribution in [0.25, 0.3) is 55.6 Å². The van der Waals surface area contributed by atoms with Gasteiger partial charge in [-0.1, -0.05) is 246 Å². The van der Waals surface area contributed by atoms with Gasteiger partial charge in [-0.25, -0.2) is 0 Å². The Hall–Kier alpha value is -8.00. The molecule has 0 radical (unpaired) electrons. The van der Waals surface area contributed by atoms with Crippen LogP contribution in [0, 0.1) is 0 Å². The van der Waals surface area contributed by atoms with E-state index in [0.29, 0.717) is 0 Å². The van der Waals surface area contributed by atoms with Gasteiger partial charge in [0.25, 0.3) is 0 Å². The third-order valence-electron chi connectivity index (χ3n) is 15.7. The molecule has 10 aromatic carbocycles. The average Bonchev–Trinajstić information content (AvgIpc) is 3.71. The van der Waals surface area contributed by atoms with E-state index in [1.165, 1.54) is 95.4 Å². The van der Waals surface area contributed by atoms with Gasteiger partial charge in [-0.05, 0) is 132 Å². The molecule has 12 rings (SSSR count). The minimum atomic E-state index is -0.579. The van der Waals surface area contributed by atoms with E-state index in [1.54, 1.807) is 0 Å². The molecular weight excluding hydrogens is 843 g/mol. The quantitative estimate of drug-likeness (QED) is 0.140. The maximum absolute atomic E-state index is 2.57. The van der Waals surface area contributed by atoms with Gasteiger partial charge in [-0.15, -0.1) is 0 Å². The molecule has 338 valence electrons. The van der Waals surface area contributed by atoms with E-state index >= 15 is 0 Å². The van der Waals surface area contributed by atoms with Gasteiger partial charge in [0, 0.05) is 16.8 Å². The van der Waals surface area contributed by atoms with Crippen molar-refractivity contribution >= 4 is 17.1 Å². The van der Waals surface area contributed by atoms with E-state index in [4.69, 9.17) is 0 Å². The summed E-state index contributed by atoms with van der Waals surface area (Å²) < 4.78 is 0. The molecule has 0 N–H and O–H groups in total. The summed E-state index contributed by atoms with van der Waals surface area (Å²) in [5, 5.41) is 0. The highest BCUT2D eigenvalue weighted by Crippen LogP contribution is 2.59. The van der Waals surface area contributed by atoms with E-state index in [9.17, 15) is 0 Å². The van der Waals surface area contributed by atoms with Gasteiger partial charge in [0.15, 0.2) is 0 Å². The number of hydrogen-bond acceptors (Lipinski definition) is 1. The monoisotopic (exact) mass is 899 g/mol. The number of benzene rings is 10. The van der Waals surface area contributed by atoms with Crippen molar-refractivity contribution in [2.24, 2.45) is 0 Å². The summed E-state index contributed by atoms with van der Waals surface area (Å²) >= 11 is 0. The summed E-state index contributed by atoms with van der Waals surface area (Å²) in [6.07, 6.45) is 2.32. The lowest BCUT2D eigenvalue weighted by Gasteiger charge is -2.42. The van der Waals surface area contributed by atoms with Crippen LogP contribution in [0.5, 0.6) is 0 Å². The summed E-state index contributed by atoms with van der Waals surface area (Å²) in [6, 6.07) is 92.8. The van der Waals surface area contributed by atoms with Crippen molar-refractivity contribution < 1.29 is 0 Å². The van der Waals surface area contributed by atoms with Crippen molar-refractivity contribution in [1.29, 1.82) is 0 Å². The molecule has 2 aliphatic carbocycles. The standard InChI is InChI=1S/C69H57N/c1-67(2)43-44-68(3,4)64-45-53(39-42-62(64)67)59-46-60-58-30-17-19-31-61(58)69(54-25-13-7-14-26-54,55-27-15-8-16-28-55)63(60)47-66(59)70(65-32-20-18-29-57(65)52-23-11-6-12-24-52)56-40-37-51(38-41-56)50-35-33-49(34-36-50)48-21-9-5-10-22-48/h5-42,45-47H,43-44H2,1-4H3. The maximum atomic E-state index is 2.57. The summed E-state index contributed by atoms with van der Waals surface area (Å²) in [5.41, 5.74) is 23.0. The lowest BCUT2D eigenvalue weighted by molar-refractivity contribution is 0.332. The molecule has 1 nitrogen and oxygen atoms in total. The minimum absolute atomic E-state index is 0.0366. The number of hydrogen-bond donors (Lipinski definition) is 0. The smallest absolute Gasteiger partial charge is 0.0714 e. The molecule has 0 heterocycles. The molecule has 0 bridgehead atoms. The summed E-state index contributed by atoms with van der Waals surface area (Å²) in [5.74, 6) is 0. The van der Waals surface area contributed by atoms with Crippen LogP contribution in [0.2, 0.25) is 0 Å². The zero-order valence-corrected chi connectivity index (χ0v) is 40.5. The second-order valence-corrected chi connectivity index (χ2v) is 20.7. The van der Waals surface area contributed by atoms with Crippen LogP contribution in [0.4, 0.5) is 17.1 Å². The van der Waals surface area contributed by atoms with Crippen molar-refractivity contribution in [3.8, 4) is 55.6 Å². The molecule has 0 unspecified atom stereocenters. The first-order chi connectivity index (χ1) is 34.2. The van der Waals surface area contributed by atoms with Crippen LogP contribution >= 0.6 is 0 Å². The number of para-hydroxylation sites is 1. The van der Waals surface area contributed by atoms with Gasteiger partial charge in [0.1, 0.15) is 0 Å². The third kappa shape index (κ3) is 7.23. The highest BCUT2D eigenvalue weighted by atomic mass is 15.1. The Kier molecular flexibility index (Phi) is 10.6. The van der Waals surface area contributed by atoms with Gasteiger partial charge < -0.3 is 4.90 Å². The largest absolute Gasteiger partial charge is 0.309 e. The first-order valence-corrected chi connectivity index (χ1v) is 25.0. The molecule has 0 fully saturated rings. The summed E-state index contributed by atoms with van der Waals surface area (Å²) in [4.78, 5) is 2.55. The highest BCUT2D eigenvalue weighted by Gasteiger charge is 2.47. The summed E-state index contributed by atoms with van der Waals surface area (Å²) in [6.45, 7) is 9.74. The number of rotatable bonds is 9. The van der Waals surface area contributed by atoms with Crippen LogP contribution in [0.1, 0.15) is 73.9 Å². The predicted molar refractivity (Wildman–Crippen MR) is 295 cm³/mol. The number of anilines is 3. The van der Waals surface area contributed by atoms with E-state index in [0.717, 1.165) is 23.5 Å². The second-order valence-electron chi connectivity index (χ2n) is 20.7. The number of fused-ring (bicyclic) bond motifs is 4. The Labute approximate surface area is 414 Å². The molecule has 0 amide bonds. The fourth-order valence-electron chi connectivity index (χ4n) is 11.9. The van der Waals surface area contributed by atoms with Crippen molar-refractivity contribution in [3.05, 3.63) is 282 Å². The van der Waals surface area contributed by atoms with Crippen molar-refractivity contribution in [2.45, 2.75) is 56.8 Å². The normalized spacial score (nSPS) is 14.8. The maximum Gasteiger partial charge on any atom is 0.0714 e. The van der Waals surface area contributed by atoms with Gasteiger partial charge in [0.05, 0.1) is 16.8 Å². The Balaban J connectivity index is 1.15. The van der Waals surface area contributed by atoms with Crippen LogP contribution < -0.4 is 4.90 Å². The van der Waals surface area contributed by atoms with Gasteiger partial charge in [-0.3, -0.25) is 0 Å². The minimum Gasteiger partial charge on any atom is -0.309 e. The number of nitrogens with zero attached hydrogens (tertiary/aromatic N) is 1. The molecule has 0 atom stereocenters. The predicted octanol–water partition coefficient (Wildman–Crippen LogP) is 18.5. The Morgan fingerprint density at radius 2 is 0.743 bits per heavy atom. The van der Waals surface area contributed by atoms with Crippen molar-refractivity contribution in [2.75, 3.05) is 4.90 Å². The van der Waals surface area contributed by atoms with Gasteiger partial charge >= 0.3 is 0 Å². The van der Waals surface area contributed by atoms with E-state index in [-0.39, 0.29) is 10.8 Å². The first kappa shape index (κ1) is 43.3. The lowest BCUT2D eigenvalue weighted by Crippen LogP contribution is -2.33. The highest BCUT2D eigenvalue weighted by molar-refractivity contribution is 5.99. The van der Waals surface area contributed by atoms with Crippen LogP contribution in [0.3, 0.4) is 0 Å². The van der Waals surface area contributed by atoms with E-state index in [1.807, 2.05) is 0 Å². The van der Waals surface area contributed by atoms with Crippen molar-refractivity contribution in [3.63, 3.8) is 0 Å². The average molecular weight is 900 g/mol. The Bertz CT molecular complexity index is 3460. The fourth-order valence-corrected chi connectivity index (χ4v) is 11.9. The fraction of sp³-hybridized carbons (Fsp3) is 0.130. The van der Waals surface area contributed by atoms with Crippen LogP contribution in [-0.4, -0.2) is 0 Å². The van der Waals surface area contributed by atoms with Crippen LogP contribution in [-0.2, 0) is 16.2 Å². The zero-order valence-electron chi connectivity index (χ0n) is 40.5. The molecule has 70 heavy (non-hydrogen) atoms. The SMILES string of the molecule is CC1(C)CCC(C)(C)c2cc(-c3cc4c(cc3N(c3ccc(-c5ccc(-c6ccccc6)cc5)cc3)c3ccccc3-c3ccccc3)C(c3ccccc3)(c3ccccc3)c3ccccc3-4)ccc21. The van der Waals surface area contributed by atoms with Gasteiger partial charge in [0.2, 0.25) is 0 Å². The second kappa shape index (κ2) is 17.2. The van der Waals surface area contributed by atoms with E-state index in [2.05, 4.69) is 281 Å². The molecule has 10 aromatic rings. The van der Waals surface area contributed by atoms with E-state index < -0.39 is 5.41 Å². The Morgan fingerprint density at radius 1 is 0.286 bits per heavy atom. The molecule has 0 aliphatic heterocycles. The molecule has 2 aliphatic rings. The topological polar surface area (TPSA) is 3.24 Å². The van der Waals surface area contributed by atoms with Gasteiger partial charge in [-0.2, -0.15) is 0 Å². The molecule has 0 saturated carbocycles. The lowest BCUT2D eigenvalue weighted by atomic mass is 9.63. The van der Waals surface area contributed by atoms with Crippen molar-refractivity contribution in [1.82, 2.24) is 0 Å². The summed E-state index contributed by atoms with van der Waals surface area (Å²) in [7, 11) is 0. The molecule has 0 aromatic heterocycles. The first-order valence-electron chi connectivity index (χ1n) is 25.0. The Morgan fingerprint density at radius 3 is 1.34 bits per heavy atom.